The highest BCUT2D eigenvalue weighted by molar-refractivity contribution is 5.81. The average molecular weight is 142 g/mol. The van der Waals surface area contributed by atoms with Gasteiger partial charge in [-0.25, -0.2) is 0 Å². The zero-order chi connectivity index (χ0) is 7.56. The van der Waals surface area contributed by atoms with Crippen LogP contribution in [-0.4, -0.2) is 44.7 Å². The lowest BCUT2D eigenvalue weighted by molar-refractivity contribution is 0.295. The maximum Gasteiger partial charge on any atom is 0.192 e. The monoisotopic (exact) mass is 142 g/mol. The number of aliphatic imine (C=N–C) groups is 1. The predicted molar refractivity (Wildman–Crippen MR) is 42.0 cm³/mol. The van der Waals surface area contributed by atoms with Gasteiger partial charge in [0.1, 0.15) is 0 Å². The third-order valence-corrected chi connectivity index (χ3v) is 1.61. The van der Waals surface area contributed by atoms with Crippen molar-refractivity contribution in [3.8, 4) is 0 Å². The second-order valence-electron chi connectivity index (χ2n) is 2.58. The molecule has 10 heavy (non-hydrogen) atoms. The summed E-state index contributed by atoms with van der Waals surface area (Å²) in [6.07, 6.45) is 0.388. The van der Waals surface area contributed by atoms with Crippen LogP contribution >= 0.6 is 0 Å². The maximum atomic E-state index is 3.99. The van der Waals surface area contributed by atoms with Crippen LogP contribution in [0.1, 0.15) is 0 Å². The Morgan fingerprint density at radius 2 is 2.30 bits per heavy atom. The van der Waals surface area contributed by atoms with Crippen LogP contribution in [0.15, 0.2) is 4.99 Å². The normalized spacial score (nSPS) is 28.8. The van der Waals surface area contributed by atoms with Gasteiger partial charge in [-0.1, -0.05) is 0 Å². The fraction of sp³-hybridized carbons (Fsp3) is 0.833. The predicted octanol–water partition coefficient (Wildman–Crippen LogP) is -0.947. The lowest BCUT2D eigenvalue weighted by Crippen LogP contribution is -2.39. The number of hydrogen-bond donors (Lipinski definition) is 2. The minimum Gasteiger partial charge on any atom is -0.353 e. The third-order valence-electron chi connectivity index (χ3n) is 1.61. The van der Waals surface area contributed by atoms with Gasteiger partial charge in [-0.2, -0.15) is 0 Å². The van der Waals surface area contributed by atoms with Crippen LogP contribution in [0.25, 0.3) is 0 Å². The van der Waals surface area contributed by atoms with Gasteiger partial charge >= 0.3 is 0 Å². The highest BCUT2D eigenvalue weighted by Gasteiger charge is 2.18. The third kappa shape index (κ3) is 1.39. The van der Waals surface area contributed by atoms with Crippen LogP contribution in [0.4, 0.5) is 0 Å². The van der Waals surface area contributed by atoms with E-state index in [1.807, 2.05) is 14.1 Å². The summed E-state index contributed by atoms with van der Waals surface area (Å²) >= 11 is 0. The zero-order valence-corrected chi connectivity index (χ0v) is 6.68. The van der Waals surface area contributed by atoms with Crippen molar-refractivity contribution >= 4 is 5.96 Å². The van der Waals surface area contributed by atoms with Crippen LogP contribution in [0.5, 0.6) is 0 Å². The fourth-order valence-corrected chi connectivity index (χ4v) is 0.909. The van der Waals surface area contributed by atoms with E-state index in [9.17, 15) is 0 Å². The summed E-state index contributed by atoms with van der Waals surface area (Å²) in [6.45, 7) is 0.930. The Morgan fingerprint density at radius 1 is 1.60 bits per heavy atom. The van der Waals surface area contributed by atoms with Crippen LogP contribution in [-0.2, 0) is 0 Å². The molecule has 0 spiro atoms. The quantitative estimate of drug-likeness (QED) is 0.496. The van der Waals surface area contributed by atoms with Crippen molar-refractivity contribution in [2.45, 2.75) is 6.17 Å². The molecule has 1 unspecified atom stereocenters. The second-order valence-corrected chi connectivity index (χ2v) is 2.58. The molecule has 1 atom stereocenters. The summed E-state index contributed by atoms with van der Waals surface area (Å²) in [4.78, 5) is 6.10. The largest absolute Gasteiger partial charge is 0.353 e. The molecule has 2 N–H and O–H groups in total. The SMILES string of the molecule is CN=C1NCC(N(C)C)N1. The lowest BCUT2D eigenvalue weighted by atomic mass is 10.5. The first kappa shape index (κ1) is 7.34. The van der Waals surface area contributed by atoms with E-state index in [0.717, 1.165) is 12.5 Å². The van der Waals surface area contributed by atoms with Gasteiger partial charge in [0, 0.05) is 7.05 Å². The molecule has 1 fully saturated rings. The Hall–Kier alpha value is -0.770. The zero-order valence-electron chi connectivity index (χ0n) is 6.68. The summed E-state index contributed by atoms with van der Waals surface area (Å²) in [6, 6.07) is 0. The molecule has 0 aromatic carbocycles. The van der Waals surface area contributed by atoms with Gasteiger partial charge in [-0.05, 0) is 14.1 Å². The molecule has 4 heteroatoms. The van der Waals surface area contributed by atoms with Crippen LogP contribution in [0, 0.1) is 0 Å². The summed E-state index contributed by atoms with van der Waals surface area (Å²) in [5.74, 6) is 0.888. The summed E-state index contributed by atoms with van der Waals surface area (Å²) in [5, 5.41) is 6.34. The van der Waals surface area contributed by atoms with Crippen LogP contribution in [0.3, 0.4) is 0 Å². The van der Waals surface area contributed by atoms with Crippen molar-refractivity contribution in [3.63, 3.8) is 0 Å². The molecule has 4 nitrogen and oxygen atoms in total. The van der Waals surface area contributed by atoms with E-state index in [4.69, 9.17) is 0 Å². The number of hydrogen-bond acceptors (Lipinski definition) is 2. The van der Waals surface area contributed by atoms with Crippen molar-refractivity contribution < 1.29 is 0 Å². The van der Waals surface area contributed by atoms with Gasteiger partial charge in [-0.3, -0.25) is 9.89 Å². The topological polar surface area (TPSA) is 39.7 Å². The van der Waals surface area contributed by atoms with Crippen molar-refractivity contribution in [2.24, 2.45) is 4.99 Å². The molecule has 58 valence electrons. The van der Waals surface area contributed by atoms with Gasteiger partial charge in [0.05, 0.1) is 12.7 Å². The van der Waals surface area contributed by atoms with Crippen LogP contribution < -0.4 is 10.6 Å². The first-order chi connectivity index (χ1) is 4.74. The summed E-state index contributed by atoms with van der Waals surface area (Å²) < 4.78 is 0. The highest BCUT2D eigenvalue weighted by Crippen LogP contribution is 1.92. The smallest absolute Gasteiger partial charge is 0.192 e. The van der Waals surface area contributed by atoms with E-state index in [0.29, 0.717) is 6.17 Å². The number of likely N-dealkylation sites (N-methyl/N-ethyl adjacent to an activating group) is 1. The summed E-state index contributed by atoms with van der Waals surface area (Å²) in [5.41, 5.74) is 0. The first-order valence-electron chi connectivity index (χ1n) is 3.37. The molecule has 1 rings (SSSR count). The van der Waals surface area contributed by atoms with Crippen molar-refractivity contribution in [1.29, 1.82) is 0 Å². The van der Waals surface area contributed by atoms with E-state index in [1.165, 1.54) is 0 Å². The molecule has 1 heterocycles. The number of nitrogens with one attached hydrogen (secondary N) is 2. The van der Waals surface area contributed by atoms with Crippen molar-refractivity contribution in [2.75, 3.05) is 27.7 Å². The number of nitrogens with zero attached hydrogens (tertiary/aromatic N) is 2. The van der Waals surface area contributed by atoms with E-state index in [1.54, 1.807) is 7.05 Å². The lowest BCUT2D eigenvalue weighted by Gasteiger charge is -2.16. The number of guanidine groups is 1. The summed E-state index contributed by atoms with van der Waals surface area (Å²) in [7, 11) is 5.85. The van der Waals surface area contributed by atoms with Crippen molar-refractivity contribution in [3.05, 3.63) is 0 Å². The number of rotatable bonds is 1. The standard InChI is InChI=1S/C6H14N4/c1-7-6-8-4-5(9-6)10(2)3/h5H,4H2,1-3H3,(H2,7,8,9). The Labute approximate surface area is 61.3 Å². The molecule has 1 aliphatic rings. The molecule has 1 saturated heterocycles. The molecule has 0 bridgehead atoms. The Bertz CT molecular complexity index is 141. The minimum atomic E-state index is 0.388. The average Bonchev–Trinajstić information content (AvgIpc) is 2.34. The molecule has 0 aromatic rings. The van der Waals surface area contributed by atoms with E-state index < -0.39 is 0 Å². The molecule has 1 aliphatic heterocycles. The minimum absolute atomic E-state index is 0.388. The molecule has 0 aromatic heterocycles. The molecule has 0 amide bonds. The molecule has 0 aliphatic carbocycles. The Kier molecular flexibility index (Phi) is 2.11. The first-order valence-corrected chi connectivity index (χ1v) is 3.37. The molecule has 0 saturated carbocycles. The van der Waals surface area contributed by atoms with E-state index in [-0.39, 0.29) is 0 Å². The highest BCUT2D eigenvalue weighted by atomic mass is 15.4. The van der Waals surface area contributed by atoms with Crippen molar-refractivity contribution in [1.82, 2.24) is 15.5 Å². The van der Waals surface area contributed by atoms with E-state index >= 15 is 0 Å². The van der Waals surface area contributed by atoms with Gasteiger partial charge in [-0.15, -0.1) is 0 Å². The van der Waals surface area contributed by atoms with E-state index in [2.05, 4.69) is 20.5 Å². The Morgan fingerprint density at radius 3 is 2.60 bits per heavy atom. The second kappa shape index (κ2) is 2.88. The Balaban J connectivity index is 2.43. The van der Waals surface area contributed by atoms with Gasteiger partial charge < -0.3 is 10.6 Å². The molecule has 0 radical (unpaired) electrons. The molecular weight excluding hydrogens is 128 g/mol. The van der Waals surface area contributed by atoms with Gasteiger partial charge in [0.2, 0.25) is 0 Å². The maximum absolute atomic E-state index is 3.99. The van der Waals surface area contributed by atoms with Gasteiger partial charge in [0.15, 0.2) is 5.96 Å². The molecular formula is C6H14N4. The van der Waals surface area contributed by atoms with Crippen LogP contribution in [0.2, 0.25) is 0 Å². The fourth-order valence-electron chi connectivity index (χ4n) is 0.909. The van der Waals surface area contributed by atoms with Gasteiger partial charge in [0.25, 0.3) is 0 Å².